The van der Waals surface area contributed by atoms with E-state index in [-0.39, 0.29) is 6.04 Å². The lowest BCUT2D eigenvalue weighted by Gasteiger charge is -2.26. The molecule has 0 bridgehead atoms. The van der Waals surface area contributed by atoms with E-state index >= 15 is 0 Å². The van der Waals surface area contributed by atoms with Crippen LogP contribution in [0.3, 0.4) is 0 Å². The quantitative estimate of drug-likeness (QED) is 0.871. The highest BCUT2D eigenvalue weighted by molar-refractivity contribution is 5.94. The van der Waals surface area contributed by atoms with Crippen LogP contribution in [-0.4, -0.2) is 19.1 Å². The van der Waals surface area contributed by atoms with Crippen LogP contribution in [0.25, 0.3) is 10.8 Å². The van der Waals surface area contributed by atoms with Crippen molar-refractivity contribution in [2.24, 2.45) is 5.73 Å². The first-order valence-corrected chi connectivity index (χ1v) is 6.20. The van der Waals surface area contributed by atoms with Gasteiger partial charge in [0, 0.05) is 30.2 Å². The lowest BCUT2D eigenvalue weighted by molar-refractivity contribution is 0.691. The Morgan fingerprint density at radius 3 is 2.53 bits per heavy atom. The van der Waals surface area contributed by atoms with Crippen molar-refractivity contribution in [3.05, 3.63) is 42.5 Å². The molecule has 0 aliphatic carbocycles. The summed E-state index contributed by atoms with van der Waals surface area (Å²) in [6, 6.07) is 15.1. The van der Waals surface area contributed by atoms with E-state index in [9.17, 15) is 0 Å². The number of likely N-dealkylation sites (N-methyl/N-ethyl adjacent to an activating group) is 1. The first-order valence-electron chi connectivity index (χ1n) is 6.20. The Labute approximate surface area is 103 Å². The van der Waals surface area contributed by atoms with Crippen molar-refractivity contribution in [3.63, 3.8) is 0 Å². The third-order valence-electron chi connectivity index (χ3n) is 3.00. The summed E-state index contributed by atoms with van der Waals surface area (Å²) in [7, 11) is 0. The van der Waals surface area contributed by atoms with Crippen LogP contribution in [-0.2, 0) is 0 Å². The molecule has 90 valence electrons. The average molecular weight is 228 g/mol. The third kappa shape index (κ3) is 2.59. The molecular weight excluding hydrogens is 208 g/mol. The lowest BCUT2D eigenvalue weighted by atomic mass is 10.1. The molecule has 2 aromatic carbocycles. The van der Waals surface area contributed by atoms with Crippen LogP contribution in [0.15, 0.2) is 42.5 Å². The van der Waals surface area contributed by atoms with Gasteiger partial charge in [-0.05, 0) is 25.3 Å². The number of hydrogen-bond donors (Lipinski definition) is 1. The SMILES string of the molecule is CCN(C[C@H](C)N)c1cccc2ccccc12. The standard InChI is InChI=1S/C15H20N2/c1-3-17(11-12(2)16)15-10-6-8-13-7-4-5-9-14(13)15/h4-10,12H,3,11,16H2,1-2H3/t12-/m0/s1. The second-order valence-electron chi connectivity index (χ2n) is 4.51. The molecule has 2 aromatic rings. The molecule has 0 amide bonds. The topological polar surface area (TPSA) is 29.3 Å². The highest BCUT2D eigenvalue weighted by Crippen LogP contribution is 2.26. The summed E-state index contributed by atoms with van der Waals surface area (Å²) in [5, 5.41) is 2.59. The predicted octanol–water partition coefficient (Wildman–Crippen LogP) is 3.01. The number of fused-ring (bicyclic) bond motifs is 1. The molecule has 0 unspecified atom stereocenters. The van der Waals surface area contributed by atoms with Crippen molar-refractivity contribution in [2.45, 2.75) is 19.9 Å². The average Bonchev–Trinajstić information content (AvgIpc) is 2.35. The molecular formula is C15H20N2. The maximum atomic E-state index is 5.91. The predicted molar refractivity (Wildman–Crippen MR) is 75.5 cm³/mol. The summed E-state index contributed by atoms with van der Waals surface area (Å²) >= 11 is 0. The molecule has 0 saturated carbocycles. The fourth-order valence-electron chi connectivity index (χ4n) is 2.23. The van der Waals surface area contributed by atoms with Gasteiger partial charge in [-0.25, -0.2) is 0 Å². The fraction of sp³-hybridized carbons (Fsp3) is 0.333. The molecule has 2 heteroatoms. The molecule has 0 spiro atoms. The lowest BCUT2D eigenvalue weighted by Crippen LogP contribution is -2.35. The minimum Gasteiger partial charge on any atom is -0.370 e. The molecule has 0 radical (unpaired) electrons. The number of anilines is 1. The minimum atomic E-state index is 0.189. The van der Waals surface area contributed by atoms with Gasteiger partial charge >= 0.3 is 0 Å². The molecule has 2 rings (SSSR count). The van der Waals surface area contributed by atoms with Crippen LogP contribution in [0.4, 0.5) is 5.69 Å². The molecule has 0 aliphatic rings. The van der Waals surface area contributed by atoms with Crippen molar-refractivity contribution in [1.29, 1.82) is 0 Å². The number of rotatable bonds is 4. The Hall–Kier alpha value is -1.54. The van der Waals surface area contributed by atoms with Gasteiger partial charge in [-0.1, -0.05) is 36.4 Å². The minimum absolute atomic E-state index is 0.189. The molecule has 0 heterocycles. The fourth-order valence-corrected chi connectivity index (χ4v) is 2.23. The summed E-state index contributed by atoms with van der Waals surface area (Å²) < 4.78 is 0. The van der Waals surface area contributed by atoms with Gasteiger partial charge in [0.05, 0.1) is 0 Å². The van der Waals surface area contributed by atoms with Crippen LogP contribution in [0.5, 0.6) is 0 Å². The van der Waals surface area contributed by atoms with E-state index in [4.69, 9.17) is 5.73 Å². The van der Waals surface area contributed by atoms with E-state index in [0.29, 0.717) is 0 Å². The number of hydrogen-bond acceptors (Lipinski definition) is 2. The molecule has 1 atom stereocenters. The van der Waals surface area contributed by atoms with Crippen LogP contribution in [0.2, 0.25) is 0 Å². The van der Waals surface area contributed by atoms with Gasteiger partial charge in [0.1, 0.15) is 0 Å². The second kappa shape index (κ2) is 5.19. The Balaban J connectivity index is 2.46. The molecule has 0 aromatic heterocycles. The van der Waals surface area contributed by atoms with E-state index in [1.54, 1.807) is 0 Å². The van der Waals surface area contributed by atoms with Gasteiger partial charge in [0.15, 0.2) is 0 Å². The second-order valence-corrected chi connectivity index (χ2v) is 4.51. The van der Waals surface area contributed by atoms with Crippen molar-refractivity contribution < 1.29 is 0 Å². The first kappa shape index (κ1) is 11.9. The van der Waals surface area contributed by atoms with E-state index in [1.165, 1.54) is 16.5 Å². The molecule has 2 N–H and O–H groups in total. The zero-order chi connectivity index (χ0) is 12.3. The van der Waals surface area contributed by atoms with Crippen LogP contribution in [0.1, 0.15) is 13.8 Å². The van der Waals surface area contributed by atoms with Crippen molar-refractivity contribution >= 4 is 16.5 Å². The number of nitrogens with two attached hydrogens (primary N) is 1. The molecule has 0 aliphatic heterocycles. The Kier molecular flexibility index (Phi) is 3.64. The van der Waals surface area contributed by atoms with Crippen LogP contribution in [0, 0.1) is 0 Å². The van der Waals surface area contributed by atoms with Gasteiger partial charge in [-0.3, -0.25) is 0 Å². The van der Waals surface area contributed by atoms with Crippen molar-refractivity contribution in [2.75, 3.05) is 18.0 Å². The summed E-state index contributed by atoms with van der Waals surface area (Å²) in [6.45, 7) is 6.10. The highest BCUT2D eigenvalue weighted by atomic mass is 15.1. The normalized spacial score (nSPS) is 12.6. The Bertz CT molecular complexity index is 486. The summed E-state index contributed by atoms with van der Waals surface area (Å²) in [5.41, 5.74) is 7.19. The molecule has 0 saturated heterocycles. The van der Waals surface area contributed by atoms with Crippen LogP contribution >= 0.6 is 0 Å². The maximum Gasteiger partial charge on any atom is 0.0446 e. The van der Waals surface area contributed by atoms with Gasteiger partial charge in [0.25, 0.3) is 0 Å². The summed E-state index contributed by atoms with van der Waals surface area (Å²) in [4.78, 5) is 2.34. The van der Waals surface area contributed by atoms with Gasteiger partial charge in [0.2, 0.25) is 0 Å². The number of nitrogens with zero attached hydrogens (tertiary/aromatic N) is 1. The summed E-state index contributed by atoms with van der Waals surface area (Å²) in [6.07, 6.45) is 0. The van der Waals surface area contributed by atoms with Gasteiger partial charge in [-0.15, -0.1) is 0 Å². The Morgan fingerprint density at radius 2 is 1.82 bits per heavy atom. The van der Waals surface area contributed by atoms with Crippen LogP contribution < -0.4 is 10.6 Å². The third-order valence-corrected chi connectivity index (χ3v) is 3.00. The van der Waals surface area contributed by atoms with Crippen molar-refractivity contribution in [3.8, 4) is 0 Å². The maximum absolute atomic E-state index is 5.91. The number of benzene rings is 2. The Morgan fingerprint density at radius 1 is 1.12 bits per heavy atom. The van der Waals surface area contributed by atoms with E-state index in [0.717, 1.165) is 13.1 Å². The first-order chi connectivity index (χ1) is 8.22. The molecule has 0 fully saturated rings. The van der Waals surface area contributed by atoms with E-state index in [2.05, 4.69) is 54.3 Å². The van der Waals surface area contributed by atoms with E-state index in [1.807, 2.05) is 6.92 Å². The monoisotopic (exact) mass is 228 g/mol. The largest absolute Gasteiger partial charge is 0.370 e. The van der Waals surface area contributed by atoms with Gasteiger partial charge in [-0.2, -0.15) is 0 Å². The highest BCUT2D eigenvalue weighted by Gasteiger charge is 2.09. The molecule has 17 heavy (non-hydrogen) atoms. The smallest absolute Gasteiger partial charge is 0.0446 e. The zero-order valence-electron chi connectivity index (χ0n) is 10.6. The summed E-state index contributed by atoms with van der Waals surface area (Å²) in [5.74, 6) is 0. The van der Waals surface area contributed by atoms with Crippen molar-refractivity contribution in [1.82, 2.24) is 0 Å². The zero-order valence-corrected chi connectivity index (χ0v) is 10.6. The van der Waals surface area contributed by atoms with E-state index < -0.39 is 0 Å². The molecule has 2 nitrogen and oxygen atoms in total. The van der Waals surface area contributed by atoms with Gasteiger partial charge < -0.3 is 10.6 Å².